The van der Waals surface area contributed by atoms with E-state index in [9.17, 15) is 14.7 Å². The quantitative estimate of drug-likeness (QED) is 0.713. The molecule has 0 aliphatic carbocycles. The van der Waals surface area contributed by atoms with Crippen molar-refractivity contribution in [1.82, 2.24) is 10.2 Å². The minimum Gasteiger partial charge on any atom is -0.481 e. The fourth-order valence-electron chi connectivity index (χ4n) is 2.36. The molecule has 19 heavy (non-hydrogen) atoms. The highest BCUT2D eigenvalue weighted by atomic mass is 16.4. The molecule has 1 rings (SSSR count). The summed E-state index contributed by atoms with van der Waals surface area (Å²) in [7, 11) is 0. The van der Waals surface area contributed by atoms with Crippen LogP contribution in [0.2, 0.25) is 0 Å². The number of amides is 2. The summed E-state index contributed by atoms with van der Waals surface area (Å²) < 4.78 is 0. The summed E-state index contributed by atoms with van der Waals surface area (Å²) in [5, 5.41) is 21.1. The predicted molar refractivity (Wildman–Crippen MR) is 70.9 cm³/mol. The van der Waals surface area contributed by atoms with Crippen molar-refractivity contribution in [3.05, 3.63) is 0 Å². The lowest BCUT2D eigenvalue weighted by Crippen LogP contribution is -2.51. The van der Waals surface area contributed by atoms with Crippen LogP contribution >= 0.6 is 0 Å². The number of carbonyl (C=O) groups is 2. The first-order valence-corrected chi connectivity index (χ1v) is 6.58. The maximum Gasteiger partial charge on any atom is 0.317 e. The van der Waals surface area contributed by atoms with E-state index >= 15 is 0 Å². The van der Waals surface area contributed by atoms with Gasteiger partial charge in [-0.15, -0.1) is 0 Å². The zero-order valence-corrected chi connectivity index (χ0v) is 11.9. The van der Waals surface area contributed by atoms with Crippen molar-refractivity contribution in [3.8, 4) is 0 Å². The first-order chi connectivity index (χ1) is 8.61. The topological polar surface area (TPSA) is 89.9 Å². The van der Waals surface area contributed by atoms with Crippen molar-refractivity contribution in [2.24, 2.45) is 5.41 Å². The lowest BCUT2D eigenvalue weighted by atomic mass is 9.84. The normalized spacial score (nSPS) is 21.6. The molecule has 3 N–H and O–H groups in total. The third-order valence-corrected chi connectivity index (χ3v) is 3.34. The molecule has 0 radical (unpaired) electrons. The molecule has 6 nitrogen and oxygen atoms in total. The Hall–Kier alpha value is -1.30. The largest absolute Gasteiger partial charge is 0.481 e. The number of carbonyl (C=O) groups excluding carboxylic acids is 1. The van der Waals surface area contributed by atoms with Crippen molar-refractivity contribution in [1.29, 1.82) is 0 Å². The molecule has 0 aromatic heterocycles. The molecular weight excluding hydrogens is 248 g/mol. The number of piperidine rings is 1. The van der Waals surface area contributed by atoms with Gasteiger partial charge in [-0.05, 0) is 25.2 Å². The lowest BCUT2D eigenvalue weighted by molar-refractivity contribution is -0.141. The van der Waals surface area contributed by atoms with Crippen LogP contribution in [0.4, 0.5) is 4.79 Å². The van der Waals surface area contributed by atoms with Gasteiger partial charge < -0.3 is 20.4 Å². The highest BCUT2D eigenvalue weighted by molar-refractivity contribution is 5.74. The van der Waals surface area contributed by atoms with E-state index in [-0.39, 0.29) is 18.0 Å². The zero-order chi connectivity index (χ0) is 14.7. The van der Waals surface area contributed by atoms with Crippen LogP contribution in [0.1, 0.15) is 40.0 Å². The van der Waals surface area contributed by atoms with Gasteiger partial charge in [0.15, 0.2) is 0 Å². The smallest absolute Gasteiger partial charge is 0.317 e. The van der Waals surface area contributed by atoms with Gasteiger partial charge in [-0.3, -0.25) is 4.79 Å². The van der Waals surface area contributed by atoms with Gasteiger partial charge in [0.05, 0.1) is 12.0 Å². The van der Waals surface area contributed by atoms with Gasteiger partial charge in [-0.1, -0.05) is 13.8 Å². The average molecular weight is 272 g/mol. The second-order valence-corrected chi connectivity index (χ2v) is 6.42. The molecule has 1 aliphatic heterocycles. The van der Waals surface area contributed by atoms with E-state index < -0.39 is 18.0 Å². The molecule has 6 heteroatoms. The number of urea groups is 1. The molecule has 110 valence electrons. The average Bonchev–Trinajstić information content (AvgIpc) is 2.22. The van der Waals surface area contributed by atoms with E-state index in [1.165, 1.54) is 6.92 Å². The molecule has 1 unspecified atom stereocenters. The molecular formula is C13H24N2O4. The number of carboxylic acid groups (broad SMARTS) is 1. The van der Waals surface area contributed by atoms with E-state index in [0.29, 0.717) is 13.1 Å². The van der Waals surface area contributed by atoms with E-state index in [4.69, 9.17) is 5.11 Å². The number of nitrogens with one attached hydrogen (secondary N) is 1. The summed E-state index contributed by atoms with van der Waals surface area (Å²) in [5.74, 6) is -1.08. The monoisotopic (exact) mass is 272 g/mol. The number of carboxylic acids is 1. The van der Waals surface area contributed by atoms with Crippen molar-refractivity contribution in [2.45, 2.75) is 45.6 Å². The van der Waals surface area contributed by atoms with E-state index in [1.54, 1.807) is 4.90 Å². The molecule has 1 fully saturated rings. The summed E-state index contributed by atoms with van der Waals surface area (Å²) in [6.45, 7) is 6.97. The molecule has 1 aliphatic rings. The van der Waals surface area contributed by atoms with Gasteiger partial charge >= 0.3 is 12.0 Å². The van der Waals surface area contributed by atoms with Gasteiger partial charge in [-0.25, -0.2) is 4.79 Å². The first-order valence-electron chi connectivity index (χ1n) is 6.58. The van der Waals surface area contributed by atoms with Crippen molar-refractivity contribution < 1.29 is 19.8 Å². The molecule has 0 aromatic carbocycles. The third-order valence-electron chi connectivity index (χ3n) is 3.34. The second-order valence-electron chi connectivity index (χ2n) is 6.42. The van der Waals surface area contributed by atoms with Crippen LogP contribution in [0.3, 0.4) is 0 Å². The fraction of sp³-hybridized carbons (Fsp3) is 0.846. The molecule has 0 spiro atoms. The van der Waals surface area contributed by atoms with E-state index in [0.717, 1.165) is 12.8 Å². The van der Waals surface area contributed by atoms with E-state index in [2.05, 4.69) is 19.2 Å². The van der Waals surface area contributed by atoms with Gasteiger partial charge in [0.2, 0.25) is 0 Å². The minimum atomic E-state index is -1.42. The summed E-state index contributed by atoms with van der Waals surface area (Å²) in [6, 6.07) is -0.238. The summed E-state index contributed by atoms with van der Waals surface area (Å²) in [5.41, 5.74) is -1.31. The SMILES string of the molecule is CC1(C)CCCN(C(=O)NCC(C)(O)CC(=O)O)C1. The van der Waals surface area contributed by atoms with Gasteiger partial charge in [-0.2, -0.15) is 0 Å². The first kappa shape index (κ1) is 15.8. The number of aliphatic hydroxyl groups is 1. The number of aliphatic carboxylic acids is 1. The van der Waals surface area contributed by atoms with Crippen LogP contribution in [0.25, 0.3) is 0 Å². The number of rotatable bonds is 4. The summed E-state index contributed by atoms with van der Waals surface area (Å²) in [4.78, 5) is 24.3. The Kier molecular flexibility index (Phi) is 4.79. The standard InChI is InChI=1S/C13H24N2O4/c1-12(2)5-4-6-15(9-12)11(18)14-8-13(3,19)7-10(16)17/h19H,4-9H2,1-3H3,(H,14,18)(H,16,17). The van der Waals surface area contributed by atoms with Crippen LogP contribution in [-0.2, 0) is 4.79 Å². The molecule has 1 saturated heterocycles. The molecule has 2 amide bonds. The third kappa shape index (κ3) is 5.46. The van der Waals surface area contributed by atoms with Crippen LogP contribution in [0, 0.1) is 5.41 Å². The Morgan fingerprint density at radius 3 is 2.58 bits per heavy atom. The Bertz CT molecular complexity index is 353. The lowest BCUT2D eigenvalue weighted by Gasteiger charge is -2.38. The van der Waals surface area contributed by atoms with Crippen LogP contribution in [0.15, 0.2) is 0 Å². The number of likely N-dealkylation sites (tertiary alicyclic amines) is 1. The predicted octanol–water partition coefficient (Wildman–Crippen LogP) is 1.04. The molecule has 1 heterocycles. The Morgan fingerprint density at radius 2 is 2.05 bits per heavy atom. The van der Waals surface area contributed by atoms with Gasteiger partial charge in [0.1, 0.15) is 0 Å². The van der Waals surface area contributed by atoms with Crippen molar-refractivity contribution in [3.63, 3.8) is 0 Å². The van der Waals surface area contributed by atoms with Crippen LogP contribution in [-0.4, -0.2) is 52.3 Å². The molecule has 0 saturated carbocycles. The molecule has 0 aromatic rings. The Balaban J connectivity index is 2.45. The maximum atomic E-state index is 12.0. The summed E-state index contributed by atoms with van der Waals surface area (Å²) >= 11 is 0. The minimum absolute atomic E-state index is 0.0605. The van der Waals surface area contributed by atoms with Crippen LogP contribution in [0.5, 0.6) is 0 Å². The maximum absolute atomic E-state index is 12.0. The molecule has 1 atom stereocenters. The van der Waals surface area contributed by atoms with Gasteiger partial charge in [0.25, 0.3) is 0 Å². The Labute approximate surface area is 113 Å². The number of hydrogen-bond donors (Lipinski definition) is 3. The van der Waals surface area contributed by atoms with Crippen molar-refractivity contribution >= 4 is 12.0 Å². The summed E-state index contributed by atoms with van der Waals surface area (Å²) in [6.07, 6.45) is 1.66. The number of hydrogen-bond acceptors (Lipinski definition) is 3. The highest BCUT2D eigenvalue weighted by Crippen LogP contribution is 2.28. The fourth-order valence-corrected chi connectivity index (χ4v) is 2.36. The van der Waals surface area contributed by atoms with E-state index in [1.807, 2.05) is 0 Å². The van der Waals surface area contributed by atoms with Crippen molar-refractivity contribution in [2.75, 3.05) is 19.6 Å². The molecule has 0 bridgehead atoms. The highest BCUT2D eigenvalue weighted by Gasteiger charge is 2.30. The Morgan fingerprint density at radius 1 is 1.42 bits per heavy atom. The van der Waals surface area contributed by atoms with Crippen LogP contribution < -0.4 is 5.32 Å². The second kappa shape index (κ2) is 5.77. The van der Waals surface area contributed by atoms with Gasteiger partial charge in [0, 0.05) is 19.6 Å². The number of nitrogens with zero attached hydrogens (tertiary/aromatic N) is 1. The zero-order valence-electron chi connectivity index (χ0n) is 11.9.